The third kappa shape index (κ3) is 3.62. The molecule has 0 fully saturated rings. The standard InChI is InChI=1S/C18H26N2O2/c1-3-5-6-11-18(14-17(21)22-4-2,15-9-7-12-19-15)16-10-8-13-20-16/h7-10,12-13,19-20H,3-6,11,14H2,1-2H3. The molecule has 0 amide bonds. The van der Waals surface area contributed by atoms with Crippen LogP contribution < -0.4 is 0 Å². The molecule has 0 spiro atoms. The van der Waals surface area contributed by atoms with Crippen molar-refractivity contribution in [2.24, 2.45) is 0 Å². The topological polar surface area (TPSA) is 57.9 Å². The maximum Gasteiger partial charge on any atom is 0.307 e. The Morgan fingerprint density at radius 2 is 1.73 bits per heavy atom. The number of ether oxygens (including phenoxy) is 1. The number of H-pyrrole nitrogens is 2. The van der Waals surface area contributed by atoms with E-state index in [4.69, 9.17) is 4.74 Å². The number of esters is 1. The van der Waals surface area contributed by atoms with Crippen molar-refractivity contribution in [2.75, 3.05) is 6.61 Å². The number of carbonyl (C=O) groups excluding carboxylic acids is 1. The lowest BCUT2D eigenvalue weighted by molar-refractivity contribution is -0.144. The second kappa shape index (κ2) is 7.87. The average Bonchev–Trinajstić information content (AvgIpc) is 3.20. The molecule has 4 nitrogen and oxygen atoms in total. The van der Waals surface area contributed by atoms with Crippen LogP contribution in [-0.2, 0) is 14.9 Å². The number of carbonyl (C=O) groups is 1. The van der Waals surface area contributed by atoms with Gasteiger partial charge in [0.15, 0.2) is 0 Å². The summed E-state index contributed by atoms with van der Waals surface area (Å²) in [6.07, 6.45) is 8.49. The van der Waals surface area contributed by atoms with E-state index in [0.29, 0.717) is 13.0 Å². The maximum absolute atomic E-state index is 12.2. The molecule has 0 aliphatic heterocycles. The molecule has 0 saturated carbocycles. The summed E-state index contributed by atoms with van der Waals surface area (Å²) in [5.41, 5.74) is 1.77. The van der Waals surface area contributed by atoms with Gasteiger partial charge < -0.3 is 14.7 Å². The monoisotopic (exact) mass is 302 g/mol. The molecule has 22 heavy (non-hydrogen) atoms. The van der Waals surface area contributed by atoms with Crippen LogP contribution in [0, 0.1) is 0 Å². The highest BCUT2D eigenvalue weighted by Gasteiger charge is 2.38. The van der Waals surface area contributed by atoms with E-state index < -0.39 is 0 Å². The largest absolute Gasteiger partial charge is 0.466 e. The average molecular weight is 302 g/mol. The maximum atomic E-state index is 12.2. The van der Waals surface area contributed by atoms with Crippen LogP contribution in [0.3, 0.4) is 0 Å². The molecule has 0 aliphatic rings. The molecular weight excluding hydrogens is 276 g/mol. The highest BCUT2D eigenvalue weighted by molar-refractivity contribution is 5.72. The van der Waals surface area contributed by atoms with E-state index in [1.165, 1.54) is 0 Å². The van der Waals surface area contributed by atoms with Gasteiger partial charge in [0, 0.05) is 23.8 Å². The van der Waals surface area contributed by atoms with Gasteiger partial charge in [0.25, 0.3) is 0 Å². The Labute approximate surface area is 132 Å². The third-order valence-electron chi connectivity index (χ3n) is 4.19. The van der Waals surface area contributed by atoms with Crippen LogP contribution in [0.5, 0.6) is 0 Å². The number of aromatic nitrogens is 2. The summed E-state index contributed by atoms with van der Waals surface area (Å²) in [5.74, 6) is -0.150. The van der Waals surface area contributed by atoms with Crippen molar-refractivity contribution in [1.82, 2.24) is 9.97 Å². The molecule has 0 aromatic carbocycles. The number of unbranched alkanes of at least 4 members (excludes halogenated alkanes) is 2. The Morgan fingerprint density at radius 3 is 2.18 bits per heavy atom. The third-order valence-corrected chi connectivity index (χ3v) is 4.19. The fourth-order valence-electron chi connectivity index (χ4n) is 3.08. The van der Waals surface area contributed by atoms with E-state index >= 15 is 0 Å². The van der Waals surface area contributed by atoms with Crippen LogP contribution in [-0.4, -0.2) is 22.5 Å². The first-order chi connectivity index (χ1) is 10.7. The van der Waals surface area contributed by atoms with Crippen molar-refractivity contribution in [3.05, 3.63) is 48.0 Å². The van der Waals surface area contributed by atoms with Crippen molar-refractivity contribution < 1.29 is 9.53 Å². The van der Waals surface area contributed by atoms with E-state index in [1.54, 1.807) is 0 Å². The second-order valence-corrected chi connectivity index (χ2v) is 5.69. The summed E-state index contributed by atoms with van der Waals surface area (Å²) < 4.78 is 5.23. The van der Waals surface area contributed by atoms with Crippen LogP contribution in [0.15, 0.2) is 36.7 Å². The molecule has 0 aliphatic carbocycles. The van der Waals surface area contributed by atoms with E-state index in [0.717, 1.165) is 37.1 Å². The molecule has 0 atom stereocenters. The lowest BCUT2D eigenvalue weighted by Gasteiger charge is -2.32. The molecule has 2 rings (SSSR count). The first-order valence-electron chi connectivity index (χ1n) is 8.16. The van der Waals surface area contributed by atoms with Crippen molar-refractivity contribution >= 4 is 5.97 Å². The van der Waals surface area contributed by atoms with Crippen molar-refractivity contribution in [2.45, 2.75) is 51.4 Å². The van der Waals surface area contributed by atoms with Gasteiger partial charge in [-0.05, 0) is 37.6 Å². The minimum Gasteiger partial charge on any atom is -0.466 e. The smallest absolute Gasteiger partial charge is 0.307 e. The summed E-state index contributed by atoms with van der Waals surface area (Å²) >= 11 is 0. The van der Waals surface area contributed by atoms with Gasteiger partial charge in [-0.25, -0.2) is 0 Å². The van der Waals surface area contributed by atoms with Gasteiger partial charge in [0.1, 0.15) is 0 Å². The SMILES string of the molecule is CCCCCC(CC(=O)OCC)(c1ccc[nH]1)c1ccc[nH]1. The lowest BCUT2D eigenvalue weighted by Crippen LogP contribution is -2.32. The number of nitrogens with one attached hydrogen (secondary N) is 2. The summed E-state index contributed by atoms with van der Waals surface area (Å²) in [5, 5.41) is 0. The van der Waals surface area contributed by atoms with Gasteiger partial charge in [0.2, 0.25) is 0 Å². The second-order valence-electron chi connectivity index (χ2n) is 5.69. The predicted octanol–water partition coefficient (Wildman–Crippen LogP) is 4.16. The molecule has 120 valence electrons. The Hall–Kier alpha value is -1.97. The van der Waals surface area contributed by atoms with Crippen LogP contribution in [0.2, 0.25) is 0 Å². The molecule has 0 unspecified atom stereocenters. The highest BCUT2D eigenvalue weighted by Crippen LogP contribution is 2.39. The summed E-state index contributed by atoms with van der Waals surface area (Å²) in [7, 11) is 0. The number of hydrogen-bond acceptors (Lipinski definition) is 2. The van der Waals surface area contributed by atoms with Crippen LogP contribution in [0.1, 0.15) is 57.3 Å². The lowest BCUT2D eigenvalue weighted by atomic mass is 9.74. The van der Waals surface area contributed by atoms with Gasteiger partial charge in [-0.3, -0.25) is 4.79 Å². The predicted molar refractivity (Wildman–Crippen MR) is 87.8 cm³/mol. The Kier molecular flexibility index (Phi) is 5.87. The van der Waals surface area contributed by atoms with Crippen molar-refractivity contribution in [3.8, 4) is 0 Å². The number of rotatable bonds is 9. The molecule has 4 heteroatoms. The fourth-order valence-corrected chi connectivity index (χ4v) is 3.08. The molecule has 2 aromatic rings. The quantitative estimate of drug-likeness (QED) is 0.539. The van der Waals surface area contributed by atoms with E-state index in [2.05, 4.69) is 29.0 Å². The molecule has 2 aromatic heterocycles. The van der Waals surface area contributed by atoms with Crippen LogP contribution >= 0.6 is 0 Å². The molecule has 2 N–H and O–H groups in total. The molecule has 0 bridgehead atoms. The van der Waals surface area contributed by atoms with Gasteiger partial charge in [-0.15, -0.1) is 0 Å². The van der Waals surface area contributed by atoms with E-state index in [-0.39, 0.29) is 11.4 Å². The Bertz CT molecular complexity index is 509. The first-order valence-corrected chi connectivity index (χ1v) is 8.16. The number of aromatic amines is 2. The van der Waals surface area contributed by atoms with Crippen molar-refractivity contribution in [3.63, 3.8) is 0 Å². The molecule has 2 heterocycles. The zero-order valence-corrected chi connectivity index (χ0v) is 13.5. The van der Waals surface area contributed by atoms with Gasteiger partial charge >= 0.3 is 5.97 Å². The Morgan fingerprint density at radius 1 is 1.09 bits per heavy atom. The van der Waals surface area contributed by atoms with Crippen LogP contribution in [0.4, 0.5) is 0 Å². The summed E-state index contributed by atoms with van der Waals surface area (Å²) in [6.45, 7) is 4.45. The summed E-state index contributed by atoms with van der Waals surface area (Å²) in [6, 6.07) is 8.09. The minimum atomic E-state index is -0.367. The fraction of sp³-hybridized carbons (Fsp3) is 0.500. The molecule has 0 radical (unpaired) electrons. The van der Waals surface area contributed by atoms with Gasteiger partial charge in [0.05, 0.1) is 18.4 Å². The Balaban J connectivity index is 2.36. The number of hydrogen-bond donors (Lipinski definition) is 2. The van der Waals surface area contributed by atoms with E-state index in [9.17, 15) is 4.79 Å². The molecular formula is C18H26N2O2. The zero-order valence-electron chi connectivity index (χ0n) is 13.5. The minimum absolute atomic E-state index is 0.150. The van der Waals surface area contributed by atoms with Crippen molar-refractivity contribution in [1.29, 1.82) is 0 Å². The highest BCUT2D eigenvalue weighted by atomic mass is 16.5. The van der Waals surface area contributed by atoms with Gasteiger partial charge in [-0.2, -0.15) is 0 Å². The first kappa shape index (κ1) is 16.4. The normalized spacial score (nSPS) is 11.5. The van der Waals surface area contributed by atoms with E-state index in [1.807, 2.05) is 31.5 Å². The zero-order chi connectivity index (χ0) is 15.8. The summed E-state index contributed by atoms with van der Waals surface area (Å²) in [4.78, 5) is 18.9. The van der Waals surface area contributed by atoms with Gasteiger partial charge in [-0.1, -0.05) is 26.2 Å². The molecule has 0 saturated heterocycles. The van der Waals surface area contributed by atoms with Crippen LogP contribution in [0.25, 0.3) is 0 Å².